The van der Waals surface area contributed by atoms with Gasteiger partial charge in [0.05, 0.1) is 5.56 Å². The largest absolute Gasteiger partial charge is 0.454 e. The average Bonchev–Trinajstić information content (AvgIpc) is 3.32. The van der Waals surface area contributed by atoms with Crippen LogP contribution in [0.15, 0.2) is 46.9 Å². The van der Waals surface area contributed by atoms with E-state index in [1.165, 1.54) is 23.2 Å². The number of hydrogen-bond donors (Lipinski definition) is 0. The zero-order valence-electron chi connectivity index (χ0n) is 16.4. The third-order valence-corrected chi connectivity index (χ3v) is 6.23. The maximum Gasteiger partial charge on any atom is 0.341 e. The summed E-state index contributed by atoms with van der Waals surface area (Å²) in [6, 6.07) is 8.66. The molecule has 3 heterocycles. The molecule has 0 amide bonds. The van der Waals surface area contributed by atoms with Crippen LogP contribution in [0.2, 0.25) is 0 Å². The number of pyridine rings is 1. The van der Waals surface area contributed by atoms with E-state index in [-0.39, 0.29) is 28.1 Å². The molecule has 158 valence electrons. The maximum atomic E-state index is 12.7. The molecule has 0 aliphatic rings. The number of nitrogens with zero attached hydrogens (tertiary/aromatic N) is 2. The number of thiophene rings is 1. The molecule has 0 radical (unpaired) electrons. The molecule has 0 aliphatic carbocycles. The summed E-state index contributed by atoms with van der Waals surface area (Å²) in [6.07, 6.45) is 2.18. The molecule has 3 rings (SSSR count). The van der Waals surface area contributed by atoms with Crippen molar-refractivity contribution in [3.63, 3.8) is 0 Å². The number of hydrogen-bond acceptors (Lipinski definition) is 6. The summed E-state index contributed by atoms with van der Waals surface area (Å²) in [5.74, 6) is -3.91. The van der Waals surface area contributed by atoms with Crippen LogP contribution in [0.25, 0.3) is 0 Å². The fraction of sp³-hybridized carbons (Fsp3) is 0.286. The second-order valence-corrected chi connectivity index (χ2v) is 8.51. The van der Waals surface area contributed by atoms with E-state index in [1.807, 2.05) is 25.3 Å². The van der Waals surface area contributed by atoms with Crippen molar-refractivity contribution in [2.24, 2.45) is 0 Å². The third kappa shape index (κ3) is 5.34. The van der Waals surface area contributed by atoms with Crippen molar-refractivity contribution >= 4 is 34.9 Å². The van der Waals surface area contributed by atoms with E-state index in [9.17, 15) is 18.4 Å². The van der Waals surface area contributed by atoms with Crippen molar-refractivity contribution in [3.8, 4) is 0 Å². The molecule has 0 bridgehead atoms. The number of ether oxygens (including phenoxy) is 1. The molecular formula is C21H20F2N2O3S2. The predicted octanol–water partition coefficient (Wildman–Crippen LogP) is 5.16. The van der Waals surface area contributed by atoms with Gasteiger partial charge in [0.1, 0.15) is 5.03 Å². The summed E-state index contributed by atoms with van der Waals surface area (Å²) >= 11 is 1.85. The molecular weight excluding hydrogens is 430 g/mol. The van der Waals surface area contributed by atoms with E-state index < -0.39 is 18.3 Å². The number of thioether (sulfide) groups is 1. The number of alkyl halides is 2. The number of Topliss-reactive ketones (excluding diaryl/α,β-unsaturated/α-hetero) is 1. The normalized spacial score (nSPS) is 11.1. The fourth-order valence-electron chi connectivity index (χ4n) is 3.12. The topological polar surface area (TPSA) is 61.2 Å². The van der Waals surface area contributed by atoms with E-state index in [4.69, 9.17) is 4.74 Å². The fourth-order valence-corrected chi connectivity index (χ4v) is 4.38. The Balaban J connectivity index is 1.65. The summed E-state index contributed by atoms with van der Waals surface area (Å²) in [4.78, 5) is 30.0. The minimum atomic E-state index is -2.72. The minimum Gasteiger partial charge on any atom is -0.454 e. The summed E-state index contributed by atoms with van der Waals surface area (Å²) in [5, 5.41) is 1.90. The highest BCUT2D eigenvalue weighted by molar-refractivity contribution is 7.99. The monoisotopic (exact) mass is 450 g/mol. The molecule has 0 fully saturated rings. The summed E-state index contributed by atoms with van der Waals surface area (Å²) in [7, 11) is 0. The van der Waals surface area contributed by atoms with Crippen LogP contribution in [-0.4, -0.2) is 33.7 Å². The number of ketones is 1. The summed E-state index contributed by atoms with van der Waals surface area (Å²) in [6.45, 7) is 4.06. The van der Waals surface area contributed by atoms with Gasteiger partial charge in [0, 0.05) is 34.6 Å². The zero-order valence-corrected chi connectivity index (χ0v) is 18.1. The molecule has 9 heteroatoms. The van der Waals surface area contributed by atoms with E-state index in [0.717, 1.165) is 24.4 Å². The molecule has 0 unspecified atom stereocenters. The Hall–Kier alpha value is -2.52. The SMILES string of the molecule is Cc1cc(C(=O)COC(=O)c2cccnc2SC(F)F)c(C)n1CCc1cccs1. The van der Waals surface area contributed by atoms with Crippen LogP contribution in [0, 0.1) is 13.8 Å². The molecule has 5 nitrogen and oxygen atoms in total. The third-order valence-electron chi connectivity index (χ3n) is 4.56. The van der Waals surface area contributed by atoms with Gasteiger partial charge in [-0.3, -0.25) is 4.79 Å². The first kappa shape index (κ1) is 22.2. The standard InChI is InChI=1S/C21H20F2N2O3S2/c1-13-11-17(14(2)25(13)9-7-15-5-4-10-29-15)18(26)12-28-20(27)16-6-3-8-24-19(16)30-21(22)23/h3-6,8,10-11,21H,7,9,12H2,1-2H3. The van der Waals surface area contributed by atoms with Gasteiger partial charge in [0.15, 0.2) is 6.61 Å². The molecule has 0 aliphatic heterocycles. The maximum absolute atomic E-state index is 12.7. The first-order valence-corrected chi connectivity index (χ1v) is 10.9. The number of esters is 1. The Bertz CT molecular complexity index is 1030. The molecule has 30 heavy (non-hydrogen) atoms. The Morgan fingerprint density at radius 1 is 1.23 bits per heavy atom. The number of carbonyl (C=O) groups is 2. The molecule has 3 aromatic rings. The number of carbonyl (C=O) groups excluding carboxylic acids is 2. The minimum absolute atomic E-state index is 0.0861. The van der Waals surface area contributed by atoms with Crippen LogP contribution in [0.5, 0.6) is 0 Å². The highest BCUT2D eigenvalue weighted by Gasteiger charge is 2.21. The van der Waals surface area contributed by atoms with Gasteiger partial charge in [-0.05, 0) is 61.7 Å². The molecule has 0 aromatic carbocycles. The van der Waals surface area contributed by atoms with Crippen LogP contribution in [-0.2, 0) is 17.7 Å². The van der Waals surface area contributed by atoms with Gasteiger partial charge in [-0.1, -0.05) is 6.07 Å². The van der Waals surface area contributed by atoms with Gasteiger partial charge in [0.25, 0.3) is 5.76 Å². The Morgan fingerprint density at radius 3 is 2.73 bits per heavy atom. The van der Waals surface area contributed by atoms with Gasteiger partial charge in [0.2, 0.25) is 5.78 Å². The first-order valence-electron chi connectivity index (χ1n) is 9.16. The lowest BCUT2D eigenvalue weighted by Gasteiger charge is -2.10. The summed E-state index contributed by atoms with van der Waals surface area (Å²) in [5.41, 5.74) is 2.15. The van der Waals surface area contributed by atoms with Crippen molar-refractivity contribution in [1.29, 1.82) is 0 Å². The van der Waals surface area contributed by atoms with Gasteiger partial charge < -0.3 is 9.30 Å². The number of rotatable bonds is 9. The van der Waals surface area contributed by atoms with E-state index in [1.54, 1.807) is 17.4 Å². The number of halogens is 2. The average molecular weight is 451 g/mol. The molecule has 0 spiro atoms. The van der Waals surface area contributed by atoms with Crippen molar-refractivity contribution in [1.82, 2.24) is 9.55 Å². The first-order chi connectivity index (χ1) is 14.4. The van der Waals surface area contributed by atoms with Crippen LogP contribution in [0.4, 0.5) is 8.78 Å². The zero-order chi connectivity index (χ0) is 21.7. The molecule has 0 saturated carbocycles. The van der Waals surface area contributed by atoms with Crippen molar-refractivity contribution < 1.29 is 23.1 Å². The van der Waals surface area contributed by atoms with Crippen LogP contribution in [0.1, 0.15) is 37.0 Å². The van der Waals surface area contributed by atoms with Crippen molar-refractivity contribution in [2.45, 2.75) is 37.6 Å². The molecule has 3 aromatic heterocycles. The smallest absolute Gasteiger partial charge is 0.341 e. The van der Waals surface area contributed by atoms with E-state index >= 15 is 0 Å². The number of aromatic nitrogens is 2. The Morgan fingerprint density at radius 2 is 2.03 bits per heavy atom. The Kier molecular flexibility index (Phi) is 7.38. The van der Waals surface area contributed by atoms with Gasteiger partial charge >= 0.3 is 5.97 Å². The van der Waals surface area contributed by atoms with Crippen LogP contribution >= 0.6 is 23.1 Å². The lowest BCUT2D eigenvalue weighted by molar-refractivity contribution is 0.0470. The molecule has 0 saturated heterocycles. The van der Waals surface area contributed by atoms with Gasteiger partial charge in [-0.25, -0.2) is 9.78 Å². The van der Waals surface area contributed by atoms with E-state index in [2.05, 4.69) is 15.6 Å². The molecule has 0 N–H and O–H groups in total. The predicted molar refractivity (Wildman–Crippen MR) is 113 cm³/mol. The van der Waals surface area contributed by atoms with Gasteiger partial charge in [-0.15, -0.1) is 11.3 Å². The highest BCUT2D eigenvalue weighted by atomic mass is 32.2. The molecule has 0 atom stereocenters. The summed E-state index contributed by atoms with van der Waals surface area (Å²) < 4.78 is 32.5. The second kappa shape index (κ2) is 9.99. The van der Waals surface area contributed by atoms with E-state index in [0.29, 0.717) is 5.56 Å². The van der Waals surface area contributed by atoms with Crippen molar-refractivity contribution in [2.75, 3.05) is 6.61 Å². The lowest BCUT2D eigenvalue weighted by Crippen LogP contribution is -2.16. The highest BCUT2D eigenvalue weighted by Crippen LogP contribution is 2.27. The second-order valence-electron chi connectivity index (χ2n) is 6.50. The van der Waals surface area contributed by atoms with Crippen LogP contribution < -0.4 is 0 Å². The van der Waals surface area contributed by atoms with Crippen molar-refractivity contribution in [3.05, 3.63) is 69.3 Å². The number of aryl methyl sites for hydroxylation is 2. The quantitative estimate of drug-likeness (QED) is 0.256. The Labute approximate surface area is 181 Å². The van der Waals surface area contributed by atoms with Gasteiger partial charge in [-0.2, -0.15) is 8.78 Å². The lowest BCUT2D eigenvalue weighted by atomic mass is 10.1. The van der Waals surface area contributed by atoms with Crippen LogP contribution in [0.3, 0.4) is 0 Å².